The van der Waals surface area contributed by atoms with Gasteiger partial charge in [0.25, 0.3) is 0 Å². The van der Waals surface area contributed by atoms with Gasteiger partial charge in [0.05, 0.1) is 0 Å². The van der Waals surface area contributed by atoms with Crippen LogP contribution in [0.2, 0.25) is 0 Å². The van der Waals surface area contributed by atoms with Crippen LogP contribution in [0, 0.1) is 0 Å². The number of benzene rings is 1. The summed E-state index contributed by atoms with van der Waals surface area (Å²) in [5.41, 5.74) is 2.55. The van der Waals surface area contributed by atoms with Gasteiger partial charge in [-0.2, -0.15) is 11.3 Å². The lowest BCUT2D eigenvalue weighted by atomic mass is 10.0. The zero-order chi connectivity index (χ0) is 13.8. The predicted molar refractivity (Wildman–Crippen MR) is 81.5 cm³/mol. The fourth-order valence-corrected chi connectivity index (χ4v) is 3.34. The summed E-state index contributed by atoms with van der Waals surface area (Å²) in [7, 11) is 0. The Bertz CT molecular complexity index is 553. The molecule has 20 heavy (non-hydrogen) atoms. The van der Waals surface area contributed by atoms with Gasteiger partial charge < -0.3 is 5.32 Å². The summed E-state index contributed by atoms with van der Waals surface area (Å²) < 4.78 is 0. The van der Waals surface area contributed by atoms with Crippen LogP contribution in [0.3, 0.4) is 0 Å². The molecule has 3 rings (SSSR count). The Morgan fingerprint density at radius 3 is 2.85 bits per heavy atom. The van der Waals surface area contributed by atoms with Crippen LogP contribution in [0.15, 0.2) is 47.2 Å². The first-order chi connectivity index (χ1) is 9.83. The Morgan fingerprint density at radius 1 is 1.25 bits per heavy atom. The third-order valence-electron chi connectivity index (χ3n) is 3.69. The second kappa shape index (κ2) is 6.20. The average molecular weight is 286 g/mol. The molecule has 1 fully saturated rings. The van der Waals surface area contributed by atoms with Crippen LogP contribution in [0.25, 0.3) is 0 Å². The van der Waals surface area contributed by atoms with Crippen LogP contribution in [-0.4, -0.2) is 23.9 Å². The topological polar surface area (TPSA) is 32.3 Å². The summed E-state index contributed by atoms with van der Waals surface area (Å²) >= 11 is 1.72. The highest BCUT2D eigenvalue weighted by atomic mass is 32.1. The number of carbonyl (C=O) groups is 1. The number of rotatable bonds is 3. The first kappa shape index (κ1) is 13.3. The largest absolute Gasteiger partial charge is 0.355 e. The van der Waals surface area contributed by atoms with E-state index in [1.165, 1.54) is 11.1 Å². The van der Waals surface area contributed by atoms with Crippen molar-refractivity contribution in [2.24, 2.45) is 0 Å². The number of nitrogens with one attached hydrogen (secondary N) is 1. The summed E-state index contributed by atoms with van der Waals surface area (Å²) in [4.78, 5) is 14.3. The molecule has 1 aromatic carbocycles. The minimum Gasteiger partial charge on any atom is -0.355 e. The molecule has 4 heteroatoms. The van der Waals surface area contributed by atoms with Gasteiger partial charge in [0, 0.05) is 32.1 Å². The van der Waals surface area contributed by atoms with E-state index in [2.05, 4.69) is 39.2 Å². The number of amides is 1. The Hall–Kier alpha value is -1.65. The lowest BCUT2D eigenvalue weighted by Crippen LogP contribution is -2.30. The van der Waals surface area contributed by atoms with Crippen LogP contribution in [0.1, 0.15) is 23.6 Å². The molecule has 1 atom stereocenters. The summed E-state index contributed by atoms with van der Waals surface area (Å²) in [6, 6.07) is 12.7. The zero-order valence-electron chi connectivity index (χ0n) is 11.3. The molecule has 1 unspecified atom stereocenters. The predicted octanol–water partition coefficient (Wildman–Crippen LogP) is 2.81. The SMILES string of the molecule is O=C1CC(c2ccccc2)N(Cc2ccsc2)CCN1. The fourth-order valence-electron chi connectivity index (χ4n) is 2.68. The van der Waals surface area contributed by atoms with E-state index < -0.39 is 0 Å². The third kappa shape index (κ3) is 3.08. The van der Waals surface area contributed by atoms with Crippen molar-refractivity contribution in [1.29, 1.82) is 0 Å². The number of nitrogens with zero attached hydrogens (tertiary/aromatic N) is 1. The number of thiophene rings is 1. The Balaban J connectivity index is 1.85. The number of hydrogen-bond donors (Lipinski definition) is 1. The van der Waals surface area contributed by atoms with Crippen molar-refractivity contribution < 1.29 is 4.79 Å². The minimum atomic E-state index is 0.145. The summed E-state index contributed by atoms with van der Waals surface area (Å²) in [5.74, 6) is 0.145. The van der Waals surface area contributed by atoms with Gasteiger partial charge in [-0.1, -0.05) is 30.3 Å². The smallest absolute Gasteiger partial charge is 0.221 e. The highest BCUT2D eigenvalue weighted by molar-refractivity contribution is 7.07. The number of carbonyl (C=O) groups excluding carboxylic acids is 1. The van der Waals surface area contributed by atoms with Crippen molar-refractivity contribution in [2.45, 2.75) is 19.0 Å². The van der Waals surface area contributed by atoms with E-state index in [-0.39, 0.29) is 11.9 Å². The maximum atomic E-state index is 11.9. The van der Waals surface area contributed by atoms with Gasteiger partial charge >= 0.3 is 0 Å². The maximum absolute atomic E-state index is 11.9. The van der Waals surface area contributed by atoms with Crippen molar-refractivity contribution in [3.8, 4) is 0 Å². The van der Waals surface area contributed by atoms with Crippen LogP contribution < -0.4 is 5.32 Å². The molecule has 104 valence electrons. The molecule has 3 nitrogen and oxygen atoms in total. The van der Waals surface area contributed by atoms with E-state index in [1.54, 1.807) is 11.3 Å². The van der Waals surface area contributed by atoms with Crippen molar-refractivity contribution in [1.82, 2.24) is 10.2 Å². The molecule has 0 saturated carbocycles. The molecule has 0 aliphatic carbocycles. The van der Waals surface area contributed by atoms with Crippen LogP contribution in [-0.2, 0) is 11.3 Å². The molecule has 1 amide bonds. The molecule has 2 aromatic rings. The van der Waals surface area contributed by atoms with E-state index in [0.29, 0.717) is 6.42 Å². The van der Waals surface area contributed by atoms with Crippen molar-refractivity contribution in [3.05, 3.63) is 58.3 Å². The molecule has 0 spiro atoms. The first-order valence-electron chi connectivity index (χ1n) is 6.90. The van der Waals surface area contributed by atoms with Crippen LogP contribution in [0.4, 0.5) is 0 Å². The van der Waals surface area contributed by atoms with E-state index >= 15 is 0 Å². The van der Waals surface area contributed by atoms with Crippen molar-refractivity contribution in [3.63, 3.8) is 0 Å². The van der Waals surface area contributed by atoms with Crippen molar-refractivity contribution in [2.75, 3.05) is 13.1 Å². The summed E-state index contributed by atoms with van der Waals surface area (Å²) in [5, 5.41) is 7.26. The monoisotopic (exact) mass is 286 g/mol. The average Bonchev–Trinajstić information content (AvgIpc) is 2.91. The zero-order valence-corrected chi connectivity index (χ0v) is 12.1. The highest BCUT2D eigenvalue weighted by Crippen LogP contribution is 2.27. The fraction of sp³-hybridized carbons (Fsp3) is 0.312. The normalized spacial score (nSPS) is 20.4. The van der Waals surface area contributed by atoms with Gasteiger partial charge in [0.15, 0.2) is 0 Å². The van der Waals surface area contributed by atoms with Gasteiger partial charge in [-0.05, 0) is 28.0 Å². The second-order valence-electron chi connectivity index (χ2n) is 5.08. The van der Waals surface area contributed by atoms with E-state index in [1.807, 2.05) is 18.2 Å². The lowest BCUT2D eigenvalue weighted by Gasteiger charge is -2.29. The first-order valence-corrected chi connectivity index (χ1v) is 7.84. The van der Waals surface area contributed by atoms with E-state index in [0.717, 1.165) is 19.6 Å². The minimum absolute atomic E-state index is 0.145. The molecule has 2 heterocycles. The molecule has 0 radical (unpaired) electrons. The van der Waals surface area contributed by atoms with Gasteiger partial charge in [-0.15, -0.1) is 0 Å². The molecule has 1 N–H and O–H groups in total. The van der Waals surface area contributed by atoms with Crippen molar-refractivity contribution >= 4 is 17.2 Å². The van der Waals surface area contributed by atoms with E-state index in [4.69, 9.17) is 0 Å². The van der Waals surface area contributed by atoms with E-state index in [9.17, 15) is 4.79 Å². The molecule has 1 aliphatic rings. The number of hydrogen-bond acceptors (Lipinski definition) is 3. The third-order valence-corrected chi connectivity index (χ3v) is 4.42. The second-order valence-corrected chi connectivity index (χ2v) is 5.86. The highest BCUT2D eigenvalue weighted by Gasteiger charge is 2.26. The van der Waals surface area contributed by atoms with Crippen LogP contribution >= 0.6 is 11.3 Å². The van der Waals surface area contributed by atoms with Gasteiger partial charge in [-0.3, -0.25) is 9.69 Å². The molecular formula is C16H18N2OS. The van der Waals surface area contributed by atoms with Gasteiger partial charge in [0.1, 0.15) is 0 Å². The Labute approximate surface area is 123 Å². The molecule has 1 saturated heterocycles. The van der Waals surface area contributed by atoms with Gasteiger partial charge in [0.2, 0.25) is 5.91 Å². The summed E-state index contributed by atoms with van der Waals surface area (Å²) in [6.45, 7) is 2.52. The Kier molecular flexibility index (Phi) is 4.14. The summed E-state index contributed by atoms with van der Waals surface area (Å²) in [6.07, 6.45) is 0.536. The molecular weight excluding hydrogens is 268 g/mol. The lowest BCUT2D eigenvalue weighted by molar-refractivity contribution is -0.121. The standard InChI is InChI=1S/C16H18N2OS/c19-16-10-15(14-4-2-1-3-5-14)18(8-7-17-16)11-13-6-9-20-12-13/h1-6,9,12,15H,7-8,10-11H2,(H,17,19). The van der Waals surface area contributed by atoms with Crippen LogP contribution in [0.5, 0.6) is 0 Å². The Morgan fingerprint density at radius 2 is 2.10 bits per heavy atom. The molecule has 1 aromatic heterocycles. The maximum Gasteiger partial charge on any atom is 0.221 e. The van der Waals surface area contributed by atoms with Gasteiger partial charge in [-0.25, -0.2) is 0 Å². The quantitative estimate of drug-likeness (QED) is 0.941. The molecule has 1 aliphatic heterocycles. The molecule has 0 bridgehead atoms.